The van der Waals surface area contributed by atoms with E-state index in [1.165, 1.54) is 0 Å². The van der Waals surface area contributed by atoms with Crippen LogP contribution >= 0.6 is 0 Å². The molecule has 1 aromatic rings. The van der Waals surface area contributed by atoms with Crippen molar-refractivity contribution < 1.29 is 14.6 Å². The average Bonchev–Trinajstić information content (AvgIpc) is 2.69. The predicted octanol–water partition coefficient (Wildman–Crippen LogP) is 1.54. The molecular weight excluding hydrogens is 354 g/mol. The molecule has 1 aromatic carbocycles. The van der Waals surface area contributed by atoms with Crippen LogP contribution in [0.15, 0.2) is 30.3 Å². The van der Waals surface area contributed by atoms with Crippen LogP contribution in [0, 0.1) is 0 Å². The Hall–Kier alpha value is -1.47. The second kappa shape index (κ2) is 8.49. The second-order valence-corrected chi connectivity index (χ2v) is 8.59. The van der Waals surface area contributed by atoms with E-state index in [9.17, 15) is 9.90 Å². The van der Waals surface area contributed by atoms with Crippen LogP contribution in [0.4, 0.5) is 0 Å². The van der Waals surface area contributed by atoms with Gasteiger partial charge in [-0.15, -0.1) is 0 Å². The van der Waals surface area contributed by atoms with Crippen molar-refractivity contribution in [2.75, 3.05) is 52.9 Å². The summed E-state index contributed by atoms with van der Waals surface area (Å²) in [6.45, 7) is 10.9. The lowest BCUT2D eigenvalue weighted by Gasteiger charge is -2.51. The minimum atomic E-state index is -0.955. The van der Waals surface area contributed by atoms with Crippen LogP contribution in [0.5, 0.6) is 0 Å². The maximum Gasteiger partial charge on any atom is 0.254 e. The van der Waals surface area contributed by atoms with E-state index < -0.39 is 11.2 Å². The number of ether oxygens (including phenoxy) is 1. The van der Waals surface area contributed by atoms with Crippen molar-refractivity contribution in [3.05, 3.63) is 35.9 Å². The number of rotatable bonds is 5. The maximum absolute atomic E-state index is 13.1. The quantitative estimate of drug-likeness (QED) is 0.828. The first-order valence-electron chi connectivity index (χ1n) is 10.4. The summed E-state index contributed by atoms with van der Waals surface area (Å²) >= 11 is 0. The standard InChI is InChI=1S/C22H35N3O3/c1-5-28-21(2,3)20(26)25-12-11-22(27,18-9-7-6-8-10-18)19(17-25)24-15-13-23(4)14-16-24/h6-10,19,27H,5,11-17H2,1-4H3/t19-,22+/m1/s1. The molecule has 156 valence electrons. The van der Waals surface area contributed by atoms with Crippen molar-refractivity contribution in [3.63, 3.8) is 0 Å². The Kier molecular flexibility index (Phi) is 6.44. The number of piperazine rings is 1. The van der Waals surface area contributed by atoms with E-state index in [1.807, 2.05) is 56.0 Å². The van der Waals surface area contributed by atoms with Crippen molar-refractivity contribution in [1.82, 2.24) is 14.7 Å². The highest BCUT2D eigenvalue weighted by Gasteiger charge is 2.48. The largest absolute Gasteiger partial charge is 0.383 e. The van der Waals surface area contributed by atoms with Crippen molar-refractivity contribution >= 4 is 5.91 Å². The number of carbonyl (C=O) groups is 1. The Morgan fingerprint density at radius 1 is 1.18 bits per heavy atom. The van der Waals surface area contributed by atoms with E-state index in [1.54, 1.807) is 0 Å². The molecular formula is C22H35N3O3. The molecule has 3 rings (SSSR count). The highest BCUT2D eigenvalue weighted by Crippen LogP contribution is 2.37. The smallest absolute Gasteiger partial charge is 0.254 e. The molecule has 0 bridgehead atoms. The number of hydrogen-bond donors (Lipinski definition) is 1. The van der Waals surface area contributed by atoms with Gasteiger partial charge in [0.25, 0.3) is 5.91 Å². The molecule has 0 unspecified atom stereocenters. The van der Waals surface area contributed by atoms with Crippen LogP contribution in [-0.2, 0) is 15.1 Å². The fraction of sp³-hybridized carbons (Fsp3) is 0.682. The van der Waals surface area contributed by atoms with E-state index in [2.05, 4.69) is 16.8 Å². The molecule has 2 heterocycles. The molecule has 0 radical (unpaired) electrons. The zero-order chi connectivity index (χ0) is 20.4. The number of hydrogen-bond acceptors (Lipinski definition) is 5. The highest BCUT2D eigenvalue weighted by atomic mass is 16.5. The number of carbonyl (C=O) groups excluding carboxylic acids is 1. The van der Waals surface area contributed by atoms with Crippen molar-refractivity contribution in [1.29, 1.82) is 0 Å². The van der Waals surface area contributed by atoms with Crippen LogP contribution in [0.3, 0.4) is 0 Å². The van der Waals surface area contributed by atoms with Crippen molar-refractivity contribution in [2.45, 2.75) is 44.4 Å². The van der Waals surface area contributed by atoms with Gasteiger partial charge < -0.3 is 19.6 Å². The molecule has 1 amide bonds. The molecule has 0 aromatic heterocycles. The number of aliphatic hydroxyl groups is 1. The zero-order valence-corrected chi connectivity index (χ0v) is 17.7. The van der Waals surface area contributed by atoms with E-state index in [-0.39, 0.29) is 11.9 Å². The lowest BCUT2D eigenvalue weighted by atomic mass is 9.79. The van der Waals surface area contributed by atoms with Crippen LogP contribution in [0.1, 0.15) is 32.8 Å². The highest BCUT2D eigenvalue weighted by molar-refractivity contribution is 5.84. The molecule has 2 aliphatic heterocycles. The van der Waals surface area contributed by atoms with Crippen molar-refractivity contribution in [3.8, 4) is 0 Å². The first kappa shape index (κ1) is 21.2. The fourth-order valence-corrected chi connectivity index (χ4v) is 4.53. The van der Waals surface area contributed by atoms with Gasteiger partial charge in [0.1, 0.15) is 11.2 Å². The molecule has 0 aliphatic carbocycles. The van der Waals surface area contributed by atoms with Crippen LogP contribution in [0.25, 0.3) is 0 Å². The van der Waals surface area contributed by atoms with E-state index >= 15 is 0 Å². The normalized spacial score (nSPS) is 27.8. The number of likely N-dealkylation sites (tertiary alicyclic amines) is 1. The molecule has 28 heavy (non-hydrogen) atoms. The molecule has 2 atom stereocenters. The number of likely N-dealkylation sites (N-methyl/N-ethyl adjacent to an activating group) is 1. The molecule has 2 aliphatic rings. The van der Waals surface area contributed by atoms with Crippen LogP contribution in [-0.4, -0.2) is 90.3 Å². The van der Waals surface area contributed by atoms with Gasteiger partial charge in [-0.2, -0.15) is 0 Å². The lowest BCUT2D eigenvalue weighted by molar-refractivity contribution is -0.165. The van der Waals surface area contributed by atoms with Gasteiger partial charge in [0.05, 0.1) is 6.04 Å². The first-order valence-corrected chi connectivity index (χ1v) is 10.4. The summed E-state index contributed by atoms with van der Waals surface area (Å²) in [5.74, 6) is 0.00332. The minimum absolute atomic E-state index is 0.00332. The summed E-state index contributed by atoms with van der Waals surface area (Å²) in [6, 6.07) is 9.81. The van der Waals surface area contributed by atoms with Gasteiger partial charge >= 0.3 is 0 Å². The Labute approximate surface area is 169 Å². The third kappa shape index (κ3) is 4.25. The van der Waals surface area contributed by atoms with Gasteiger partial charge in [-0.25, -0.2) is 0 Å². The van der Waals surface area contributed by atoms with Gasteiger partial charge in [-0.05, 0) is 39.8 Å². The summed E-state index contributed by atoms with van der Waals surface area (Å²) in [7, 11) is 2.13. The second-order valence-electron chi connectivity index (χ2n) is 8.59. The topological polar surface area (TPSA) is 56.2 Å². The van der Waals surface area contributed by atoms with Gasteiger partial charge in [-0.1, -0.05) is 30.3 Å². The Morgan fingerprint density at radius 3 is 2.43 bits per heavy atom. The molecule has 1 N–H and O–H groups in total. The zero-order valence-electron chi connectivity index (χ0n) is 17.7. The molecule has 0 spiro atoms. The maximum atomic E-state index is 13.1. The number of piperidine rings is 1. The lowest BCUT2D eigenvalue weighted by Crippen LogP contribution is -2.65. The monoisotopic (exact) mass is 389 g/mol. The van der Waals surface area contributed by atoms with Gasteiger partial charge in [0.2, 0.25) is 0 Å². The predicted molar refractivity (Wildman–Crippen MR) is 110 cm³/mol. The Balaban J connectivity index is 1.86. The summed E-state index contributed by atoms with van der Waals surface area (Å²) < 4.78 is 5.70. The summed E-state index contributed by atoms with van der Waals surface area (Å²) in [5, 5.41) is 11.8. The third-order valence-electron chi connectivity index (χ3n) is 6.27. The van der Waals surface area contributed by atoms with E-state index in [4.69, 9.17) is 4.74 Å². The third-order valence-corrected chi connectivity index (χ3v) is 6.27. The minimum Gasteiger partial charge on any atom is -0.383 e. The molecule has 0 saturated carbocycles. The SMILES string of the molecule is CCOC(C)(C)C(=O)N1CC[C@](O)(c2ccccc2)[C@H](N2CCN(C)CC2)C1. The molecule has 6 heteroatoms. The molecule has 2 saturated heterocycles. The Bertz CT molecular complexity index is 658. The average molecular weight is 390 g/mol. The number of nitrogens with zero attached hydrogens (tertiary/aromatic N) is 3. The molecule has 2 fully saturated rings. The number of amides is 1. The Morgan fingerprint density at radius 2 is 1.82 bits per heavy atom. The van der Waals surface area contributed by atoms with Crippen LogP contribution < -0.4 is 0 Å². The van der Waals surface area contributed by atoms with Crippen LogP contribution in [0.2, 0.25) is 0 Å². The van der Waals surface area contributed by atoms with Gasteiger partial charge in [-0.3, -0.25) is 9.69 Å². The van der Waals surface area contributed by atoms with Gasteiger partial charge in [0, 0.05) is 45.9 Å². The molecule has 6 nitrogen and oxygen atoms in total. The van der Waals surface area contributed by atoms with Crippen molar-refractivity contribution in [2.24, 2.45) is 0 Å². The van der Waals surface area contributed by atoms with E-state index in [0.29, 0.717) is 26.1 Å². The fourth-order valence-electron chi connectivity index (χ4n) is 4.53. The first-order chi connectivity index (χ1) is 13.3. The summed E-state index contributed by atoms with van der Waals surface area (Å²) in [4.78, 5) is 19.7. The van der Waals surface area contributed by atoms with E-state index in [0.717, 1.165) is 31.7 Å². The number of benzene rings is 1. The summed E-state index contributed by atoms with van der Waals surface area (Å²) in [5.41, 5.74) is -0.858. The summed E-state index contributed by atoms with van der Waals surface area (Å²) in [6.07, 6.45) is 0.530. The van der Waals surface area contributed by atoms with Gasteiger partial charge in [0.15, 0.2) is 0 Å².